The Hall–Kier alpha value is -2.24. The Kier molecular flexibility index (Phi) is 8.15. The molecule has 0 aliphatic carbocycles. The first-order valence-electron chi connectivity index (χ1n) is 9.17. The molecule has 2 aromatic carbocycles. The van der Waals surface area contributed by atoms with Gasteiger partial charge >= 0.3 is 6.03 Å². The number of nitrogens with zero attached hydrogens (tertiary/aromatic N) is 2. The Morgan fingerprint density at radius 2 is 1.64 bits per heavy atom. The maximum absolute atomic E-state index is 12.3. The van der Waals surface area contributed by atoms with Gasteiger partial charge in [-0.15, -0.1) is 0 Å². The second kappa shape index (κ2) is 10.3. The van der Waals surface area contributed by atoms with E-state index in [2.05, 4.69) is 5.32 Å². The highest BCUT2D eigenvalue weighted by atomic mass is 35.5. The van der Waals surface area contributed by atoms with Crippen molar-refractivity contribution in [2.24, 2.45) is 0 Å². The van der Waals surface area contributed by atoms with Gasteiger partial charge in [0.1, 0.15) is 0 Å². The lowest BCUT2D eigenvalue weighted by Crippen LogP contribution is -2.36. The van der Waals surface area contributed by atoms with Gasteiger partial charge in [0.25, 0.3) is 5.91 Å². The topological polar surface area (TPSA) is 52.7 Å². The van der Waals surface area contributed by atoms with Crippen LogP contribution in [0.4, 0.5) is 4.79 Å². The average molecular weight is 422 g/mol. The van der Waals surface area contributed by atoms with Crippen molar-refractivity contribution in [3.8, 4) is 0 Å². The Labute approximate surface area is 176 Å². The molecule has 7 heteroatoms. The van der Waals surface area contributed by atoms with E-state index in [0.717, 1.165) is 11.1 Å². The molecule has 0 aliphatic rings. The highest BCUT2D eigenvalue weighted by molar-refractivity contribution is 6.42. The van der Waals surface area contributed by atoms with E-state index in [1.54, 1.807) is 36.2 Å². The van der Waals surface area contributed by atoms with E-state index in [-0.39, 0.29) is 11.9 Å². The third-order valence-corrected chi connectivity index (χ3v) is 5.34. The molecule has 2 rings (SSSR count). The first kappa shape index (κ1) is 22.1. The SMILES string of the molecule is CCN(CC)C(=O)c1ccc(CNC(=O)N(C)Cc2cccc(Cl)c2Cl)cc1. The normalized spacial score (nSPS) is 10.5. The lowest BCUT2D eigenvalue weighted by molar-refractivity contribution is 0.0773. The Morgan fingerprint density at radius 3 is 2.25 bits per heavy atom. The van der Waals surface area contributed by atoms with Crippen molar-refractivity contribution in [2.75, 3.05) is 20.1 Å². The number of benzene rings is 2. The van der Waals surface area contributed by atoms with Crippen LogP contribution in [0.2, 0.25) is 10.0 Å². The van der Waals surface area contributed by atoms with Gasteiger partial charge in [0.2, 0.25) is 0 Å². The largest absolute Gasteiger partial charge is 0.339 e. The Balaban J connectivity index is 1.91. The molecule has 0 aromatic heterocycles. The molecule has 0 unspecified atom stereocenters. The molecule has 0 aliphatic heterocycles. The molecule has 28 heavy (non-hydrogen) atoms. The van der Waals surface area contributed by atoms with Crippen LogP contribution in [-0.4, -0.2) is 41.9 Å². The van der Waals surface area contributed by atoms with E-state index in [0.29, 0.717) is 41.8 Å². The molecule has 2 aromatic rings. The molecule has 3 amide bonds. The van der Waals surface area contributed by atoms with Gasteiger partial charge in [0.15, 0.2) is 0 Å². The molecule has 0 saturated carbocycles. The van der Waals surface area contributed by atoms with Gasteiger partial charge < -0.3 is 15.1 Å². The number of halogens is 2. The van der Waals surface area contributed by atoms with E-state index >= 15 is 0 Å². The summed E-state index contributed by atoms with van der Waals surface area (Å²) < 4.78 is 0. The highest BCUT2D eigenvalue weighted by Gasteiger charge is 2.14. The zero-order chi connectivity index (χ0) is 20.7. The van der Waals surface area contributed by atoms with E-state index in [4.69, 9.17) is 23.2 Å². The highest BCUT2D eigenvalue weighted by Crippen LogP contribution is 2.26. The second-order valence-corrected chi connectivity index (χ2v) is 7.19. The summed E-state index contributed by atoms with van der Waals surface area (Å²) in [5.41, 5.74) is 2.34. The maximum Gasteiger partial charge on any atom is 0.317 e. The predicted octanol–water partition coefficient (Wildman–Crippen LogP) is 4.82. The molecule has 5 nitrogen and oxygen atoms in total. The van der Waals surface area contributed by atoms with Crippen LogP contribution in [0.15, 0.2) is 42.5 Å². The van der Waals surface area contributed by atoms with Crippen LogP contribution < -0.4 is 5.32 Å². The minimum absolute atomic E-state index is 0.0127. The summed E-state index contributed by atoms with van der Waals surface area (Å²) in [5, 5.41) is 3.78. The van der Waals surface area contributed by atoms with E-state index in [1.807, 2.05) is 32.0 Å². The minimum atomic E-state index is -0.223. The molecule has 0 bridgehead atoms. The predicted molar refractivity (Wildman–Crippen MR) is 114 cm³/mol. The molecule has 0 heterocycles. The standard InChI is InChI=1S/C21H25Cl2N3O2/c1-4-26(5-2)20(27)16-11-9-15(10-12-16)13-24-21(28)25(3)14-17-7-6-8-18(22)19(17)23/h6-12H,4-5,13-14H2,1-3H3,(H,24,28). The molecule has 0 radical (unpaired) electrons. The fourth-order valence-electron chi connectivity index (χ4n) is 2.77. The number of rotatable bonds is 7. The van der Waals surface area contributed by atoms with E-state index in [9.17, 15) is 9.59 Å². The first-order chi connectivity index (χ1) is 13.4. The number of amides is 3. The molecule has 1 N–H and O–H groups in total. The van der Waals surface area contributed by atoms with Crippen molar-refractivity contribution in [2.45, 2.75) is 26.9 Å². The molecular weight excluding hydrogens is 397 g/mol. The van der Waals surface area contributed by atoms with Crippen LogP contribution in [0.1, 0.15) is 35.3 Å². The van der Waals surface area contributed by atoms with Gasteiger partial charge in [-0.3, -0.25) is 4.79 Å². The molecule has 0 atom stereocenters. The summed E-state index contributed by atoms with van der Waals surface area (Å²) in [7, 11) is 1.69. The van der Waals surface area contributed by atoms with Crippen LogP contribution in [0.25, 0.3) is 0 Å². The smallest absolute Gasteiger partial charge is 0.317 e. The van der Waals surface area contributed by atoms with Crippen molar-refractivity contribution < 1.29 is 9.59 Å². The number of hydrogen-bond donors (Lipinski definition) is 1. The summed E-state index contributed by atoms with van der Waals surface area (Å²) in [4.78, 5) is 28.0. The van der Waals surface area contributed by atoms with Crippen LogP contribution in [0.3, 0.4) is 0 Å². The zero-order valence-corrected chi connectivity index (χ0v) is 17.8. The Bertz CT molecular complexity index is 821. The molecular formula is C21H25Cl2N3O2. The number of hydrogen-bond acceptors (Lipinski definition) is 2. The second-order valence-electron chi connectivity index (χ2n) is 6.40. The minimum Gasteiger partial charge on any atom is -0.339 e. The lowest BCUT2D eigenvalue weighted by Gasteiger charge is -2.20. The van der Waals surface area contributed by atoms with Crippen molar-refractivity contribution in [1.82, 2.24) is 15.1 Å². The van der Waals surface area contributed by atoms with Gasteiger partial charge in [-0.1, -0.05) is 47.5 Å². The van der Waals surface area contributed by atoms with Crippen LogP contribution >= 0.6 is 23.2 Å². The fourth-order valence-corrected chi connectivity index (χ4v) is 3.15. The zero-order valence-electron chi connectivity index (χ0n) is 16.3. The lowest BCUT2D eigenvalue weighted by atomic mass is 10.1. The van der Waals surface area contributed by atoms with Crippen LogP contribution in [-0.2, 0) is 13.1 Å². The number of urea groups is 1. The third-order valence-electron chi connectivity index (χ3n) is 4.48. The first-order valence-corrected chi connectivity index (χ1v) is 9.93. The quantitative estimate of drug-likeness (QED) is 0.696. The summed E-state index contributed by atoms with van der Waals surface area (Å²) >= 11 is 12.2. The summed E-state index contributed by atoms with van der Waals surface area (Å²) in [6.07, 6.45) is 0. The van der Waals surface area contributed by atoms with Gasteiger partial charge in [0.05, 0.1) is 10.0 Å². The number of carbonyl (C=O) groups is 2. The maximum atomic E-state index is 12.3. The van der Waals surface area contributed by atoms with Crippen molar-refractivity contribution >= 4 is 35.1 Å². The van der Waals surface area contributed by atoms with Crippen molar-refractivity contribution in [3.05, 3.63) is 69.2 Å². The fraction of sp³-hybridized carbons (Fsp3) is 0.333. The summed E-state index contributed by atoms with van der Waals surface area (Å²) in [6.45, 7) is 5.98. The van der Waals surface area contributed by atoms with E-state index in [1.165, 1.54) is 4.90 Å². The molecule has 0 fully saturated rings. The number of carbonyl (C=O) groups excluding carboxylic acids is 2. The van der Waals surface area contributed by atoms with Gasteiger partial charge in [0, 0.05) is 38.8 Å². The summed E-state index contributed by atoms with van der Waals surface area (Å²) in [6, 6.07) is 12.4. The van der Waals surface area contributed by atoms with Crippen LogP contribution in [0, 0.1) is 0 Å². The van der Waals surface area contributed by atoms with Crippen molar-refractivity contribution in [1.29, 1.82) is 0 Å². The van der Waals surface area contributed by atoms with Gasteiger partial charge in [-0.2, -0.15) is 0 Å². The van der Waals surface area contributed by atoms with Crippen molar-refractivity contribution in [3.63, 3.8) is 0 Å². The average Bonchev–Trinajstić information content (AvgIpc) is 2.70. The van der Waals surface area contributed by atoms with Gasteiger partial charge in [-0.25, -0.2) is 4.79 Å². The van der Waals surface area contributed by atoms with E-state index < -0.39 is 0 Å². The van der Waals surface area contributed by atoms with Crippen LogP contribution in [0.5, 0.6) is 0 Å². The number of nitrogens with one attached hydrogen (secondary N) is 1. The monoisotopic (exact) mass is 421 g/mol. The third kappa shape index (κ3) is 5.63. The van der Waals surface area contributed by atoms with Gasteiger partial charge in [-0.05, 0) is 43.2 Å². The Morgan fingerprint density at radius 1 is 1.00 bits per heavy atom. The molecule has 150 valence electrons. The molecule has 0 saturated heterocycles. The summed E-state index contributed by atoms with van der Waals surface area (Å²) in [5.74, 6) is 0.0127. The molecule has 0 spiro atoms.